The third-order valence-electron chi connectivity index (χ3n) is 13.3. The first kappa shape index (κ1) is 54.8. The number of ether oxygens (including phenoxy) is 2. The Hall–Kier alpha value is -7.48. The van der Waals surface area contributed by atoms with Gasteiger partial charge in [-0.2, -0.15) is 13.2 Å². The predicted octanol–water partition coefficient (Wildman–Crippen LogP) is 9.54. The van der Waals surface area contributed by atoms with Gasteiger partial charge in [0, 0.05) is 44.0 Å². The number of benzene rings is 5. The van der Waals surface area contributed by atoms with Crippen molar-refractivity contribution in [3.8, 4) is 33.1 Å². The Labute approximate surface area is 448 Å². The van der Waals surface area contributed by atoms with Crippen LogP contribution in [0, 0.1) is 12.3 Å². The maximum absolute atomic E-state index is 14.1. The van der Waals surface area contributed by atoms with Crippen molar-refractivity contribution in [3.63, 3.8) is 0 Å². The number of nitrogens with one attached hydrogen (secondary N) is 2. The predicted molar refractivity (Wildman–Crippen MR) is 291 cm³/mol. The number of aliphatic hydroxyl groups excluding tert-OH is 1. The number of aryl methyl sites for hydroxylation is 1. The Balaban J connectivity index is 0.817. The van der Waals surface area contributed by atoms with Gasteiger partial charge in [0.05, 0.1) is 33.4 Å². The van der Waals surface area contributed by atoms with Crippen LogP contribution in [0.25, 0.3) is 21.6 Å². The van der Waals surface area contributed by atoms with Gasteiger partial charge in [-0.15, -0.1) is 11.3 Å². The third kappa shape index (κ3) is 12.1. The van der Waals surface area contributed by atoms with E-state index in [2.05, 4.69) is 20.6 Å². The summed E-state index contributed by atoms with van der Waals surface area (Å²) in [5, 5.41) is 16.4. The number of nitrogens with zero attached hydrogens (tertiary/aromatic N) is 5. The van der Waals surface area contributed by atoms with Gasteiger partial charge in [0.15, 0.2) is 11.7 Å². The molecule has 4 amide bonds. The van der Waals surface area contributed by atoms with E-state index in [0.29, 0.717) is 17.2 Å². The van der Waals surface area contributed by atoms with Gasteiger partial charge >= 0.3 is 6.18 Å². The van der Waals surface area contributed by atoms with Crippen LogP contribution in [0.15, 0.2) is 126 Å². The van der Waals surface area contributed by atoms with Crippen molar-refractivity contribution in [2.24, 2.45) is 10.4 Å². The van der Waals surface area contributed by atoms with E-state index in [1.165, 1.54) is 24.1 Å². The van der Waals surface area contributed by atoms with E-state index in [1.54, 1.807) is 72.0 Å². The maximum atomic E-state index is 14.1. The van der Waals surface area contributed by atoms with Crippen LogP contribution in [-0.4, -0.2) is 93.9 Å². The summed E-state index contributed by atoms with van der Waals surface area (Å²) in [4.78, 5) is 67.9. The molecule has 0 spiro atoms. The van der Waals surface area contributed by atoms with Crippen molar-refractivity contribution in [1.82, 2.24) is 20.5 Å². The summed E-state index contributed by atoms with van der Waals surface area (Å²) in [6.45, 7) is 10.8. The molecule has 2 fully saturated rings. The van der Waals surface area contributed by atoms with Crippen molar-refractivity contribution >= 4 is 69.9 Å². The molecule has 2 aliphatic rings. The zero-order valence-corrected chi connectivity index (χ0v) is 44.6. The number of rotatable bonds is 16. The molecular formula is C57H58F3N7O7S2. The molecule has 1 aromatic heterocycles. The average Bonchev–Trinajstić information content (AvgIpc) is 4.10. The Kier molecular flexibility index (Phi) is 16.1. The molecule has 2 aliphatic heterocycles. The summed E-state index contributed by atoms with van der Waals surface area (Å²) in [6.07, 6.45) is -4.40. The van der Waals surface area contributed by atoms with Crippen LogP contribution < -0.4 is 29.9 Å². The molecule has 14 nitrogen and oxygen atoms in total. The van der Waals surface area contributed by atoms with Crippen LogP contribution in [0.4, 0.5) is 24.5 Å². The summed E-state index contributed by atoms with van der Waals surface area (Å²) in [7, 11) is 1.38. The van der Waals surface area contributed by atoms with Crippen LogP contribution >= 0.6 is 23.6 Å². The number of hydrogen-bond donors (Lipinski definition) is 3. The molecule has 0 aliphatic carbocycles. The molecule has 76 heavy (non-hydrogen) atoms. The molecule has 5 aromatic carbocycles. The van der Waals surface area contributed by atoms with E-state index >= 15 is 0 Å². The quantitative estimate of drug-likeness (QED) is 0.0628. The molecule has 8 rings (SSSR count). The van der Waals surface area contributed by atoms with E-state index in [4.69, 9.17) is 21.7 Å². The van der Waals surface area contributed by atoms with E-state index in [-0.39, 0.29) is 49.1 Å². The van der Waals surface area contributed by atoms with Crippen molar-refractivity contribution < 1.29 is 46.9 Å². The molecular weight excluding hydrogens is 1020 g/mol. The Bertz CT molecular complexity index is 3140. The van der Waals surface area contributed by atoms with Crippen LogP contribution in [0.2, 0.25) is 0 Å². The highest BCUT2D eigenvalue weighted by molar-refractivity contribution is 7.81. The van der Waals surface area contributed by atoms with Crippen LogP contribution in [0.5, 0.6) is 11.5 Å². The van der Waals surface area contributed by atoms with Gasteiger partial charge in [-0.3, -0.25) is 29.1 Å². The van der Waals surface area contributed by atoms with Crippen molar-refractivity contribution in [2.45, 2.75) is 91.0 Å². The molecule has 0 saturated carbocycles. The number of thiazole rings is 1. The number of aliphatic hydroxyl groups is 1. The van der Waals surface area contributed by atoms with Gasteiger partial charge < -0.3 is 35.0 Å². The summed E-state index contributed by atoms with van der Waals surface area (Å²) >= 11 is 7.28. The lowest BCUT2D eigenvalue weighted by Gasteiger charge is -2.35. The van der Waals surface area contributed by atoms with Crippen LogP contribution in [0.3, 0.4) is 0 Å². The van der Waals surface area contributed by atoms with Gasteiger partial charge in [-0.05, 0) is 115 Å². The number of thiocarbonyl (C=S) groups is 1. The standard InChI is InChI=1S/C57H58F3N7O7S2/c1-34-49(76-33-63-34)39-14-8-35(9-15-39)28-62-51(70)47-27-43(68)30-65(47)52(71)50(55(2,3)4)64-48(69)32-74-44-22-17-38(18-23-44)37-12-10-36(11-13-37)31-73-45-24-20-41(21-25-45)67-54(75)66(53(72)56(67,5)6)42-19-16-40(29-61-7)46(26-42)57(58,59)60/h8-26,29,33,43,47,50,68H,27-28,30-32H2,1-7H3,(H,62,70)(H,64,69)/t43-,47-,50-/m1/s1. The number of anilines is 2. The maximum Gasteiger partial charge on any atom is 0.417 e. The first-order valence-corrected chi connectivity index (χ1v) is 25.7. The number of aliphatic imine (C=N–C) groups is 1. The number of carbonyl (C=O) groups excluding carboxylic acids is 4. The second kappa shape index (κ2) is 22.4. The zero-order chi connectivity index (χ0) is 54.7. The minimum absolute atomic E-state index is 0.000621. The SMILES string of the molecule is CN=Cc1ccc(N2C(=O)C(C)(C)N(c3ccc(OCc4ccc(-c5ccc(OCC(=O)N[C@H](C(=O)N6C[C@H](O)C[C@@H]6C(=O)NCc6ccc(-c7scnc7C)cc6)C(C)(C)C)cc5)cc4)cc3)C2=S)cc1C(F)(F)F. The van der Waals surface area contributed by atoms with Gasteiger partial charge in [0.2, 0.25) is 11.8 Å². The third-order valence-corrected chi connectivity index (χ3v) is 14.6. The Morgan fingerprint density at radius 3 is 2.08 bits per heavy atom. The van der Waals surface area contributed by atoms with Crippen molar-refractivity contribution in [3.05, 3.63) is 149 Å². The molecule has 3 atom stereocenters. The van der Waals surface area contributed by atoms with E-state index in [9.17, 15) is 37.5 Å². The highest BCUT2D eigenvalue weighted by atomic mass is 32.1. The minimum Gasteiger partial charge on any atom is -0.489 e. The fourth-order valence-electron chi connectivity index (χ4n) is 9.16. The fourth-order valence-corrected chi connectivity index (χ4v) is 10.5. The molecule has 396 valence electrons. The molecule has 2 saturated heterocycles. The van der Waals surface area contributed by atoms with Gasteiger partial charge in [0.25, 0.3) is 11.8 Å². The molecule has 0 bridgehead atoms. The van der Waals surface area contributed by atoms with Gasteiger partial charge in [-0.1, -0.05) is 87.5 Å². The van der Waals surface area contributed by atoms with E-state index in [1.807, 2.05) is 88.4 Å². The topological polar surface area (TPSA) is 166 Å². The Morgan fingerprint density at radius 2 is 1.47 bits per heavy atom. The first-order valence-electron chi connectivity index (χ1n) is 24.5. The normalized spacial score (nSPS) is 17.1. The summed E-state index contributed by atoms with van der Waals surface area (Å²) in [5.41, 5.74) is 4.92. The van der Waals surface area contributed by atoms with Gasteiger partial charge in [-0.25, -0.2) is 4.98 Å². The number of hydrogen-bond acceptors (Lipinski definition) is 11. The number of likely N-dealkylation sites (tertiary alicyclic amines) is 1. The lowest BCUT2D eigenvalue weighted by molar-refractivity contribution is -0.144. The van der Waals surface area contributed by atoms with Crippen LogP contribution in [-0.2, 0) is 38.5 Å². The second-order valence-electron chi connectivity index (χ2n) is 20.2. The summed E-state index contributed by atoms with van der Waals surface area (Å²) in [6, 6.07) is 31.4. The minimum atomic E-state index is -4.68. The number of halogens is 3. The lowest BCUT2D eigenvalue weighted by Crippen LogP contribution is -2.58. The van der Waals surface area contributed by atoms with Crippen molar-refractivity contribution in [1.29, 1.82) is 0 Å². The molecule has 0 radical (unpaired) electrons. The second-order valence-corrected chi connectivity index (χ2v) is 21.4. The van der Waals surface area contributed by atoms with Crippen LogP contribution in [0.1, 0.15) is 69.0 Å². The monoisotopic (exact) mass is 1070 g/mol. The smallest absolute Gasteiger partial charge is 0.417 e. The molecule has 3 N–H and O–H groups in total. The number of β-amino-alcohol motifs (C(OH)–C–C–N with tert-alkyl or cyclic N) is 1. The lowest BCUT2D eigenvalue weighted by atomic mass is 9.85. The van der Waals surface area contributed by atoms with E-state index in [0.717, 1.165) is 55.6 Å². The summed E-state index contributed by atoms with van der Waals surface area (Å²) < 4.78 is 53.9. The number of aromatic nitrogens is 1. The fraction of sp³-hybridized carbons (Fsp3) is 0.316. The highest BCUT2D eigenvalue weighted by Gasteiger charge is 2.51. The van der Waals surface area contributed by atoms with Crippen molar-refractivity contribution in [2.75, 3.05) is 30.0 Å². The largest absolute Gasteiger partial charge is 0.489 e. The highest BCUT2D eigenvalue weighted by Crippen LogP contribution is 2.40. The van der Waals surface area contributed by atoms with Gasteiger partial charge in [0.1, 0.15) is 35.7 Å². The molecule has 19 heteroatoms. The zero-order valence-electron chi connectivity index (χ0n) is 43.0. The molecule has 3 heterocycles. The number of carbonyl (C=O) groups is 4. The molecule has 6 aromatic rings. The molecule has 0 unspecified atom stereocenters. The average molecular weight is 1070 g/mol. The number of alkyl halides is 3. The van der Waals surface area contributed by atoms with E-state index < -0.39 is 64.5 Å². The number of amides is 4. The first-order chi connectivity index (χ1) is 36.0. The summed E-state index contributed by atoms with van der Waals surface area (Å²) in [5.74, 6) is -0.888. The Morgan fingerprint density at radius 1 is 0.882 bits per heavy atom.